The first-order valence-corrected chi connectivity index (χ1v) is 6.39. The molecule has 0 unspecified atom stereocenters. The van der Waals surface area contributed by atoms with Crippen molar-refractivity contribution in [1.82, 2.24) is 4.90 Å². The Morgan fingerprint density at radius 2 is 1.89 bits per heavy atom. The molecule has 1 aliphatic rings. The Labute approximate surface area is 112 Å². The van der Waals surface area contributed by atoms with Gasteiger partial charge in [0.2, 0.25) is 0 Å². The lowest BCUT2D eigenvalue weighted by Crippen LogP contribution is -2.57. The van der Waals surface area contributed by atoms with Crippen LogP contribution in [-0.4, -0.2) is 41.6 Å². The number of carboxylic acids is 1. The number of hydrogen-bond donors (Lipinski definition) is 1. The van der Waals surface area contributed by atoms with Crippen LogP contribution >= 0.6 is 0 Å². The summed E-state index contributed by atoms with van der Waals surface area (Å²) in [5.41, 5.74) is 1.99. The zero-order chi connectivity index (χ0) is 14.0. The van der Waals surface area contributed by atoms with Gasteiger partial charge in [-0.05, 0) is 26.0 Å². The molecule has 1 N–H and O–H groups in total. The van der Waals surface area contributed by atoms with Crippen LogP contribution in [-0.2, 0) is 4.79 Å². The van der Waals surface area contributed by atoms with Gasteiger partial charge in [0.15, 0.2) is 0 Å². The van der Waals surface area contributed by atoms with Gasteiger partial charge in [0.05, 0.1) is 5.92 Å². The molecule has 0 aliphatic carbocycles. The maximum absolute atomic E-state index is 12.3. The van der Waals surface area contributed by atoms with Crippen molar-refractivity contribution >= 4 is 17.7 Å². The molecule has 0 bridgehead atoms. The number of carboxylic acid groups (broad SMARTS) is 1. The van der Waals surface area contributed by atoms with Gasteiger partial charge < -0.3 is 10.0 Å². The highest BCUT2D eigenvalue weighted by Crippen LogP contribution is 2.22. The SMILES string of the molecule is CCN(C(=O)N1CC(C(=O)O)C1)c1ccc(C)cc1. The van der Waals surface area contributed by atoms with Crippen LogP contribution in [0.3, 0.4) is 0 Å². The first-order valence-electron chi connectivity index (χ1n) is 6.39. The Hall–Kier alpha value is -2.04. The summed E-state index contributed by atoms with van der Waals surface area (Å²) in [6.07, 6.45) is 0. The lowest BCUT2D eigenvalue weighted by molar-refractivity contribution is -0.146. The van der Waals surface area contributed by atoms with Gasteiger partial charge in [-0.15, -0.1) is 0 Å². The number of rotatable bonds is 3. The predicted octanol–water partition coefficient (Wildman–Crippen LogP) is 1.96. The lowest BCUT2D eigenvalue weighted by Gasteiger charge is -2.39. The third-order valence-electron chi connectivity index (χ3n) is 3.39. The molecule has 1 saturated heterocycles. The van der Waals surface area contributed by atoms with Crippen molar-refractivity contribution in [2.45, 2.75) is 13.8 Å². The second-order valence-corrected chi connectivity index (χ2v) is 4.80. The fourth-order valence-corrected chi connectivity index (χ4v) is 2.11. The van der Waals surface area contributed by atoms with E-state index in [2.05, 4.69) is 0 Å². The normalized spacial score (nSPS) is 14.9. The van der Waals surface area contributed by atoms with Crippen molar-refractivity contribution in [3.63, 3.8) is 0 Å². The fraction of sp³-hybridized carbons (Fsp3) is 0.429. The Morgan fingerprint density at radius 3 is 2.37 bits per heavy atom. The number of nitrogens with zero attached hydrogens (tertiary/aromatic N) is 2. The largest absolute Gasteiger partial charge is 0.481 e. The molecule has 0 aromatic heterocycles. The summed E-state index contributed by atoms with van der Waals surface area (Å²) in [5, 5.41) is 8.82. The van der Waals surface area contributed by atoms with Crippen molar-refractivity contribution in [2.24, 2.45) is 5.92 Å². The molecule has 5 heteroatoms. The summed E-state index contributed by atoms with van der Waals surface area (Å²) in [7, 11) is 0. The van der Waals surface area contributed by atoms with Crippen LogP contribution in [0, 0.1) is 12.8 Å². The van der Waals surface area contributed by atoms with Crippen LogP contribution in [0.4, 0.5) is 10.5 Å². The zero-order valence-corrected chi connectivity index (χ0v) is 11.2. The van der Waals surface area contributed by atoms with Gasteiger partial charge in [-0.3, -0.25) is 9.69 Å². The molecule has 1 fully saturated rings. The minimum atomic E-state index is -0.831. The first-order chi connectivity index (χ1) is 9.02. The number of hydrogen-bond acceptors (Lipinski definition) is 2. The summed E-state index contributed by atoms with van der Waals surface area (Å²) < 4.78 is 0. The Bertz CT molecular complexity index is 478. The maximum atomic E-state index is 12.3. The molecule has 0 radical (unpaired) electrons. The molecule has 5 nitrogen and oxygen atoms in total. The van der Waals surface area contributed by atoms with E-state index in [1.54, 1.807) is 9.80 Å². The van der Waals surface area contributed by atoms with E-state index in [0.29, 0.717) is 19.6 Å². The lowest BCUT2D eigenvalue weighted by atomic mass is 10.0. The molecular weight excluding hydrogens is 244 g/mol. The minimum Gasteiger partial charge on any atom is -0.481 e. The predicted molar refractivity (Wildman–Crippen MR) is 72.3 cm³/mol. The van der Waals surface area contributed by atoms with Crippen molar-refractivity contribution in [3.8, 4) is 0 Å². The second-order valence-electron chi connectivity index (χ2n) is 4.80. The summed E-state index contributed by atoms with van der Waals surface area (Å²) in [5.74, 6) is -1.25. The second kappa shape index (κ2) is 5.30. The third kappa shape index (κ3) is 2.70. The number of carbonyl (C=O) groups is 2. The van der Waals surface area contributed by atoms with E-state index in [0.717, 1.165) is 11.3 Å². The zero-order valence-electron chi connectivity index (χ0n) is 11.2. The molecule has 0 saturated carbocycles. The molecule has 0 atom stereocenters. The molecule has 1 heterocycles. The van der Waals surface area contributed by atoms with E-state index in [9.17, 15) is 9.59 Å². The highest BCUT2D eigenvalue weighted by atomic mass is 16.4. The number of benzene rings is 1. The van der Waals surface area contributed by atoms with E-state index < -0.39 is 11.9 Å². The first kappa shape index (κ1) is 13.4. The molecule has 2 amide bonds. The Kier molecular flexibility index (Phi) is 3.74. The average molecular weight is 262 g/mol. The average Bonchev–Trinajstić information content (AvgIpc) is 2.30. The van der Waals surface area contributed by atoms with E-state index in [-0.39, 0.29) is 6.03 Å². The number of aryl methyl sites for hydroxylation is 1. The molecule has 102 valence electrons. The Balaban J connectivity index is 2.04. The molecular formula is C14H18N2O3. The Morgan fingerprint density at radius 1 is 1.32 bits per heavy atom. The van der Waals surface area contributed by atoms with Crippen molar-refractivity contribution in [3.05, 3.63) is 29.8 Å². The molecule has 1 aromatic rings. The summed E-state index contributed by atoms with van der Waals surface area (Å²) in [4.78, 5) is 26.2. The van der Waals surface area contributed by atoms with Gasteiger partial charge in [0, 0.05) is 25.3 Å². The number of amides is 2. The van der Waals surface area contributed by atoms with E-state index in [4.69, 9.17) is 5.11 Å². The fourth-order valence-electron chi connectivity index (χ4n) is 2.11. The quantitative estimate of drug-likeness (QED) is 0.905. The van der Waals surface area contributed by atoms with Crippen LogP contribution in [0.2, 0.25) is 0 Å². The van der Waals surface area contributed by atoms with Crippen LogP contribution < -0.4 is 4.90 Å². The van der Waals surface area contributed by atoms with Crippen molar-refractivity contribution < 1.29 is 14.7 Å². The summed E-state index contributed by atoms with van der Waals surface area (Å²) >= 11 is 0. The smallest absolute Gasteiger partial charge is 0.324 e. The van der Waals surface area contributed by atoms with Crippen LogP contribution in [0.25, 0.3) is 0 Å². The van der Waals surface area contributed by atoms with Gasteiger partial charge in [-0.2, -0.15) is 0 Å². The number of carbonyl (C=O) groups excluding carboxylic acids is 1. The molecule has 19 heavy (non-hydrogen) atoms. The molecule has 0 spiro atoms. The van der Waals surface area contributed by atoms with Crippen LogP contribution in [0.5, 0.6) is 0 Å². The van der Waals surface area contributed by atoms with E-state index in [1.165, 1.54) is 0 Å². The van der Waals surface area contributed by atoms with Gasteiger partial charge in [0.1, 0.15) is 0 Å². The highest BCUT2D eigenvalue weighted by molar-refractivity contribution is 5.93. The van der Waals surface area contributed by atoms with Crippen molar-refractivity contribution in [1.29, 1.82) is 0 Å². The highest BCUT2D eigenvalue weighted by Gasteiger charge is 2.37. The number of likely N-dealkylation sites (tertiary alicyclic amines) is 1. The van der Waals surface area contributed by atoms with Gasteiger partial charge in [-0.1, -0.05) is 17.7 Å². The molecule has 2 rings (SSSR count). The van der Waals surface area contributed by atoms with Crippen LogP contribution in [0.15, 0.2) is 24.3 Å². The van der Waals surface area contributed by atoms with Crippen LogP contribution in [0.1, 0.15) is 12.5 Å². The number of aliphatic carboxylic acids is 1. The monoisotopic (exact) mass is 262 g/mol. The topological polar surface area (TPSA) is 60.9 Å². The van der Waals surface area contributed by atoms with Crippen molar-refractivity contribution in [2.75, 3.05) is 24.5 Å². The maximum Gasteiger partial charge on any atom is 0.324 e. The molecule has 1 aliphatic heterocycles. The minimum absolute atomic E-state index is 0.121. The van der Waals surface area contributed by atoms with E-state index in [1.807, 2.05) is 38.1 Å². The third-order valence-corrected chi connectivity index (χ3v) is 3.39. The van der Waals surface area contributed by atoms with Gasteiger partial charge in [0.25, 0.3) is 0 Å². The number of urea groups is 1. The number of anilines is 1. The van der Waals surface area contributed by atoms with Gasteiger partial charge in [-0.25, -0.2) is 4.79 Å². The van der Waals surface area contributed by atoms with E-state index >= 15 is 0 Å². The summed E-state index contributed by atoms with van der Waals surface area (Å²) in [6, 6.07) is 7.61. The van der Waals surface area contributed by atoms with Gasteiger partial charge >= 0.3 is 12.0 Å². The molecule has 1 aromatic carbocycles. The summed E-state index contributed by atoms with van der Waals surface area (Å²) in [6.45, 7) is 5.07. The standard InChI is InChI=1S/C14H18N2O3/c1-3-16(12-6-4-10(2)5-7-12)14(19)15-8-11(9-15)13(17)18/h4-7,11H,3,8-9H2,1-2H3,(H,17,18).